The van der Waals surface area contributed by atoms with Crippen molar-refractivity contribution < 1.29 is 19.4 Å². The molecule has 0 aromatic rings. The molecular formula is C11H24N2O4S. The molecule has 7 heteroatoms. The number of carbonyl (C=O) groups is 2. The van der Waals surface area contributed by atoms with Crippen LogP contribution < -0.4 is 11.5 Å². The molecule has 0 saturated heterocycles. The van der Waals surface area contributed by atoms with Gasteiger partial charge in [-0.3, -0.25) is 4.79 Å². The lowest BCUT2D eigenvalue weighted by molar-refractivity contribution is -0.140. The van der Waals surface area contributed by atoms with Crippen LogP contribution in [0.1, 0.15) is 27.7 Å². The summed E-state index contributed by atoms with van der Waals surface area (Å²) in [5, 5.41) is 11.3. The summed E-state index contributed by atoms with van der Waals surface area (Å²) in [6.45, 7) is 7.55. The van der Waals surface area contributed by atoms with E-state index in [-0.39, 0.29) is 12.1 Å². The lowest BCUT2D eigenvalue weighted by Crippen LogP contribution is -2.33. The Kier molecular flexibility index (Phi) is 9.74. The molecular weight excluding hydrogens is 256 g/mol. The second kappa shape index (κ2) is 9.04. The Morgan fingerprint density at radius 2 is 1.94 bits per heavy atom. The zero-order valence-corrected chi connectivity index (χ0v) is 12.3. The van der Waals surface area contributed by atoms with Crippen LogP contribution in [0.5, 0.6) is 0 Å². The van der Waals surface area contributed by atoms with Gasteiger partial charge in [0, 0.05) is 18.1 Å². The second-order valence-corrected chi connectivity index (χ2v) is 5.89. The molecule has 0 aliphatic carbocycles. The molecule has 1 amide bonds. The van der Waals surface area contributed by atoms with Crippen LogP contribution in [0.4, 0.5) is 4.79 Å². The maximum Gasteiger partial charge on any atom is 0.407 e. The van der Waals surface area contributed by atoms with Crippen molar-refractivity contribution in [3.05, 3.63) is 0 Å². The second-order valence-electron chi connectivity index (χ2n) is 4.74. The standard InChI is InChI=1S/C11H21NO4S.H3N/c1-8(9(13)14)7-17-6-5-12-10(15)16-11(2,3)4;/h8H,5-7H2,1-4H3,(H,12,15)(H,13,14);1H3/t8-;/m1./s1. The Bertz CT molecular complexity index is 266. The first-order chi connectivity index (χ1) is 7.72. The van der Waals surface area contributed by atoms with E-state index in [2.05, 4.69) is 5.32 Å². The summed E-state index contributed by atoms with van der Waals surface area (Å²) in [5.74, 6) is 0.0708. The summed E-state index contributed by atoms with van der Waals surface area (Å²) in [5.41, 5.74) is -0.491. The molecule has 6 nitrogen and oxygen atoms in total. The van der Waals surface area contributed by atoms with Crippen LogP contribution in [0.25, 0.3) is 0 Å². The van der Waals surface area contributed by atoms with E-state index in [4.69, 9.17) is 9.84 Å². The van der Waals surface area contributed by atoms with Gasteiger partial charge in [0.05, 0.1) is 5.92 Å². The maximum atomic E-state index is 11.2. The minimum absolute atomic E-state index is 0. The highest BCUT2D eigenvalue weighted by Gasteiger charge is 2.15. The number of carboxylic acid groups (broad SMARTS) is 1. The van der Waals surface area contributed by atoms with Crippen molar-refractivity contribution in [3.63, 3.8) is 0 Å². The van der Waals surface area contributed by atoms with Crippen molar-refractivity contribution in [3.8, 4) is 0 Å². The first-order valence-electron chi connectivity index (χ1n) is 5.50. The molecule has 108 valence electrons. The molecule has 0 aromatic heterocycles. The SMILES string of the molecule is C[C@H](CSCCNC(=O)OC(C)(C)C)C(=O)O.N. The van der Waals surface area contributed by atoms with Gasteiger partial charge < -0.3 is 21.3 Å². The molecule has 0 aliphatic rings. The summed E-state index contributed by atoms with van der Waals surface area (Å²) in [6.07, 6.45) is -0.440. The van der Waals surface area contributed by atoms with Crippen molar-refractivity contribution >= 4 is 23.8 Å². The average Bonchev–Trinajstić information content (AvgIpc) is 2.13. The number of alkyl carbamates (subject to hydrolysis) is 1. The summed E-state index contributed by atoms with van der Waals surface area (Å²) in [6, 6.07) is 0. The van der Waals surface area contributed by atoms with Gasteiger partial charge >= 0.3 is 12.1 Å². The number of thioether (sulfide) groups is 1. The van der Waals surface area contributed by atoms with Crippen LogP contribution in [0.2, 0.25) is 0 Å². The first kappa shape index (κ1) is 19.4. The molecule has 0 bridgehead atoms. The topological polar surface area (TPSA) is 111 Å². The Labute approximate surface area is 112 Å². The molecule has 1 atom stereocenters. The van der Waals surface area contributed by atoms with Gasteiger partial charge in [-0.15, -0.1) is 0 Å². The molecule has 0 fully saturated rings. The van der Waals surface area contributed by atoms with Crippen molar-refractivity contribution in [1.29, 1.82) is 0 Å². The van der Waals surface area contributed by atoms with E-state index in [1.54, 1.807) is 27.7 Å². The molecule has 0 saturated carbocycles. The number of hydrogen-bond acceptors (Lipinski definition) is 5. The molecule has 0 aromatic carbocycles. The average molecular weight is 280 g/mol. The van der Waals surface area contributed by atoms with Crippen LogP contribution in [0.15, 0.2) is 0 Å². The van der Waals surface area contributed by atoms with Crippen molar-refractivity contribution in [2.75, 3.05) is 18.1 Å². The largest absolute Gasteiger partial charge is 0.481 e. The highest BCUT2D eigenvalue weighted by molar-refractivity contribution is 7.99. The van der Waals surface area contributed by atoms with E-state index in [0.29, 0.717) is 18.1 Å². The highest BCUT2D eigenvalue weighted by Crippen LogP contribution is 2.08. The number of rotatable bonds is 6. The third-order valence-electron chi connectivity index (χ3n) is 1.70. The molecule has 0 aliphatic heterocycles. The molecule has 5 N–H and O–H groups in total. The number of ether oxygens (including phenoxy) is 1. The summed E-state index contributed by atoms with van der Waals surface area (Å²) < 4.78 is 5.05. The van der Waals surface area contributed by atoms with Gasteiger partial charge in [-0.05, 0) is 20.8 Å². The smallest absolute Gasteiger partial charge is 0.407 e. The Morgan fingerprint density at radius 1 is 1.39 bits per heavy atom. The number of nitrogens with one attached hydrogen (secondary N) is 1. The van der Waals surface area contributed by atoms with E-state index in [1.807, 2.05) is 0 Å². The highest BCUT2D eigenvalue weighted by atomic mass is 32.2. The Morgan fingerprint density at radius 3 is 2.39 bits per heavy atom. The van der Waals surface area contributed by atoms with Crippen LogP contribution in [0.3, 0.4) is 0 Å². The molecule has 0 radical (unpaired) electrons. The van der Waals surface area contributed by atoms with Gasteiger partial charge in [-0.25, -0.2) is 4.79 Å². The third kappa shape index (κ3) is 11.5. The quantitative estimate of drug-likeness (QED) is 0.643. The summed E-state index contributed by atoms with van der Waals surface area (Å²) in [4.78, 5) is 21.8. The number of carbonyl (C=O) groups excluding carboxylic acids is 1. The molecule has 0 rings (SSSR count). The molecule has 0 heterocycles. The lowest BCUT2D eigenvalue weighted by atomic mass is 10.2. The predicted molar refractivity (Wildman–Crippen MR) is 73.4 cm³/mol. The van der Waals surface area contributed by atoms with Crippen molar-refractivity contribution in [2.24, 2.45) is 5.92 Å². The van der Waals surface area contributed by atoms with E-state index in [0.717, 1.165) is 0 Å². The number of hydrogen-bond donors (Lipinski definition) is 3. The predicted octanol–water partition coefficient (Wildman–Crippen LogP) is 2.13. The fourth-order valence-electron chi connectivity index (χ4n) is 0.871. The van der Waals surface area contributed by atoms with Gasteiger partial charge in [0.1, 0.15) is 5.60 Å². The van der Waals surface area contributed by atoms with Crippen LogP contribution >= 0.6 is 11.8 Å². The van der Waals surface area contributed by atoms with Crippen LogP contribution in [-0.2, 0) is 9.53 Å². The van der Waals surface area contributed by atoms with Crippen LogP contribution in [-0.4, -0.2) is 40.8 Å². The van der Waals surface area contributed by atoms with E-state index < -0.39 is 17.7 Å². The number of amides is 1. The minimum atomic E-state index is -0.794. The monoisotopic (exact) mass is 280 g/mol. The van der Waals surface area contributed by atoms with Gasteiger partial charge in [-0.2, -0.15) is 11.8 Å². The zero-order valence-electron chi connectivity index (χ0n) is 11.5. The fraction of sp³-hybridized carbons (Fsp3) is 0.818. The maximum absolute atomic E-state index is 11.2. The molecule has 18 heavy (non-hydrogen) atoms. The van der Waals surface area contributed by atoms with Gasteiger partial charge in [0.2, 0.25) is 0 Å². The van der Waals surface area contributed by atoms with E-state index in [1.165, 1.54) is 11.8 Å². The summed E-state index contributed by atoms with van der Waals surface area (Å²) >= 11 is 1.50. The Hall–Kier alpha value is -0.950. The fourth-order valence-corrected chi connectivity index (χ4v) is 1.78. The normalized spacial score (nSPS) is 12.2. The summed E-state index contributed by atoms with van der Waals surface area (Å²) in [7, 11) is 0. The first-order valence-corrected chi connectivity index (χ1v) is 6.65. The van der Waals surface area contributed by atoms with Crippen molar-refractivity contribution in [1.82, 2.24) is 11.5 Å². The van der Waals surface area contributed by atoms with E-state index >= 15 is 0 Å². The zero-order chi connectivity index (χ0) is 13.5. The van der Waals surface area contributed by atoms with E-state index in [9.17, 15) is 9.59 Å². The molecule has 0 unspecified atom stereocenters. The van der Waals surface area contributed by atoms with Gasteiger partial charge in [-0.1, -0.05) is 6.92 Å². The third-order valence-corrected chi connectivity index (χ3v) is 2.93. The van der Waals surface area contributed by atoms with Gasteiger partial charge in [0.15, 0.2) is 0 Å². The Balaban J connectivity index is 0. The molecule has 0 spiro atoms. The lowest BCUT2D eigenvalue weighted by Gasteiger charge is -2.19. The van der Waals surface area contributed by atoms with Gasteiger partial charge in [0.25, 0.3) is 0 Å². The number of aliphatic carboxylic acids is 1. The van der Waals surface area contributed by atoms with Crippen LogP contribution in [0, 0.1) is 5.92 Å². The number of carboxylic acids is 1. The minimum Gasteiger partial charge on any atom is -0.481 e. The van der Waals surface area contributed by atoms with Crippen molar-refractivity contribution in [2.45, 2.75) is 33.3 Å².